The maximum absolute atomic E-state index is 12.9. The smallest absolute Gasteiger partial charge is 0.260 e. The number of rotatable bonds is 3. The molecule has 1 N–H and O–H groups in total. The molecular formula is C22H14N2O3S. The number of nitrogens with zero attached hydrogens (tertiary/aromatic N) is 1. The topological polar surface area (TPSA) is 83.1 Å². The Balaban J connectivity index is 1.88. The minimum Gasteiger partial charge on any atom is -0.455 e. The van der Waals surface area contributed by atoms with Crippen LogP contribution < -0.4 is 10.7 Å². The number of anilines is 1. The SMILES string of the molecule is Cc1c(-c2ccccc2)oc2c(C(=O)Nc3sccc3C#N)cccc2c1=O. The molecule has 0 saturated carbocycles. The van der Waals surface area contributed by atoms with Gasteiger partial charge in [0.25, 0.3) is 5.91 Å². The van der Waals surface area contributed by atoms with Crippen molar-refractivity contribution in [2.45, 2.75) is 6.92 Å². The number of nitrogens with one attached hydrogen (secondary N) is 1. The summed E-state index contributed by atoms with van der Waals surface area (Å²) < 4.78 is 6.07. The lowest BCUT2D eigenvalue weighted by atomic mass is 10.0. The van der Waals surface area contributed by atoms with E-state index in [1.54, 1.807) is 36.6 Å². The average Bonchev–Trinajstić information content (AvgIpc) is 3.18. The van der Waals surface area contributed by atoms with Gasteiger partial charge in [0.2, 0.25) is 0 Å². The molecule has 0 atom stereocenters. The summed E-state index contributed by atoms with van der Waals surface area (Å²) in [5, 5.41) is 14.4. The molecule has 4 rings (SSSR count). The highest BCUT2D eigenvalue weighted by molar-refractivity contribution is 7.14. The largest absolute Gasteiger partial charge is 0.455 e. The van der Waals surface area contributed by atoms with Gasteiger partial charge in [-0.3, -0.25) is 9.59 Å². The molecule has 2 aromatic carbocycles. The van der Waals surface area contributed by atoms with Crippen molar-refractivity contribution in [2.75, 3.05) is 5.32 Å². The van der Waals surface area contributed by atoms with Crippen LogP contribution in [0.2, 0.25) is 0 Å². The van der Waals surface area contributed by atoms with Gasteiger partial charge in [-0.25, -0.2) is 0 Å². The zero-order chi connectivity index (χ0) is 19.7. The summed E-state index contributed by atoms with van der Waals surface area (Å²) in [7, 11) is 0. The molecule has 4 aromatic rings. The van der Waals surface area contributed by atoms with Gasteiger partial charge in [-0.05, 0) is 30.5 Å². The molecule has 0 unspecified atom stereocenters. The van der Waals surface area contributed by atoms with Crippen LogP contribution in [-0.4, -0.2) is 5.91 Å². The number of amides is 1. The number of hydrogen-bond acceptors (Lipinski definition) is 5. The van der Waals surface area contributed by atoms with E-state index in [-0.39, 0.29) is 16.6 Å². The second kappa shape index (κ2) is 7.14. The Bertz CT molecular complexity index is 1300. The van der Waals surface area contributed by atoms with Gasteiger partial charge >= 0.3 is 0 Å². The van der Waals surface area contributed by atoms with Crippen molar-refractivity contribution in [3.8, 4) is 17.4 Å². The number of benzene rings is 2. The Morgan fingerprint density at radius 3 is 2.64 bits per heavy atom. The summed E-state index contributed by atoms with van der Waals surface area (Å²) in [6.07, 6.45) is 0. The molecule has 5 nitrogen and oxygen atoms in total. The quantitative estimate of drug-likeness (QED) is 0.540. The van der Waals surface area contributed by atoms with E-state index in [0.29, 0.717) is 27.3 Å². The third-order valence-corrected chi connectivity index (χ3v) is 5.27. The minimum atomic E-state index is -0.435. The molecule has 0 aliphatic heterocycles. The fourth-order valence-corrected chi connectivity index (χ4v) is 3.75. The van der Waals surface area contributed by atoms with Gasteiger partial charge < -0.3 is 9.73 Å². The predicted octanol–water partition coefficient (Wildman–Crippen LogP) is 4.95. The van der Waals surface area contributed by atoms with Gasteiger partial charge in [-0.1, -0.05) is 36.4 Å². The van der Waals surface area contributed by atoms with Crippen LogP contribution in [0.1, 0.15) is 21.5 Å². The summed E-state index contributed by atoms with van der Waals surface area (Å²) in [5.41, 5.74) is 1.93. The number of thiophene rings is 1. The fourth-order valence-electron chi connectivity index (χ4n) is 3.02. The Morgan fingerprint density at radius 2 is 1.89 bits per heavy atom. The van der Waals surface area contributed by atoms with E-state index in [4.69, 9.17) is 9.68 Å². The molecule has 0 saturated heterocycles. The maximum Gasteiger partial charge on any atom is 0.260 e. The van der Waals surface area contributed by atoms with Crippen molar-refractivity contribution in [1.29, 1.82) is 5.26 Å². The number of carbonyl (C=O) groups excluding carboxylic acids is 1. The van der Waals surface area contributed by atoms with Crippen LogP contribution >= 0.6 is 11.3 Å². The molecule has 0 aliphatic carbocycles. The van der Waals surface area contributed by atoms with E-state index in [2.05, 4.69) is 5.32 Å². The van der Waals surface area contributed by atoms with Crippen molar-refractivity contribution in [1.82, 2.24) is 0 Å². The second-order valence-corrected chi connectivity index (χ2v) is 7.08. The monoisotopic (exact) mass is 386 g/mol. The number of fused-ring (bicyclic) bond motifs is 1. The van der Waals surface area contributed by atoms with Gasteiger partial charge in [0.15, 0.2) is 11.0 Å². The van der Waals surface area contributed by atoms with E-state index >= 15 is 0 Å². The summed E-state index contributed by atoms with van der Waals surface area (Å²) in [5.74, 6) is 0.00255. The first kappa shape index (κ1) is 17.7. The second-order valence-electron chi connectivity index (χ2n) is 6.16. The highest BCUT2D eigenvalue weighted by atomic mass is 32.1. The van der Waals surface area contributed by atoms with Gasteiger partial charge in [0, 0.05) is 11.1 Å². The summed E-state index contributed by atoms with van der Waals surface area (Å²) >= 11 is 1.26. The van der Waals surface area contributed by atoms with Gasteiger partial charge in [-0.2, -0.15) is 5.26 Å². The Hall–Kier alpha value is -3.69. The third kappa shape index (κ3) is 2.98. The maximum atomic E-state index is 12.9. The summed E-state index contributed by atoms with van der Waals surface area (Å²) in [4.78, 5) is 25.7. The number of nitriles is 1. The number of para-hydroxylation sites is 1. The number of hydrogen-bond donors (Lipinski definition) is 1. The molecule has 0 aliphatic rings. The first-order chi connectivity index (χ1) is 13.6. The molecule has 0 bridgehead atoms. The fraction of sp³-hybridized carbons (Fsp3) is 0.0455. The molecular weight excluding hydrogens is 372 g/mol. The molecule has 0 fully saturated rings. The molecule has 2 aromatic heterocycles. The molecule has 136 valence electrons. The van der Waals surface area contributed by atoms with Crippen molar-refractivity contribution in [3.05, 3.63) is 86.9 Å². The van der Waals surface area contributed by atoms with Crippen LogP contribution in [0.25, 0.3) is 22.3 Å². The van der Waals surface area contributed by atoms with E-state index in [1.807, 2.05) is 36.4 Å². The molecule has 0 spiro atoms. The standard InChI is InChI=1S/C22H14N2O3S/c1-13-18(25)16-8-5-9-17(21(26)24-22-15(12-23)10-11-28-22)20(16)27-19(13)14-6-3-2-4-7-14/h2-11H,1H3,(H,24,26). The Morgan fingerprint density at radius 1 is 1.11 bits per heavy atom. The van der Waals surface area contributed by atoms with Crippen LogP contribution in [0.15, 0.2) is 69.2 Å². The zero-order valence-electron chi connectivity index (χ0n) is 14.9. The average molecular weight is 386 g/mol. The van der Waals surface area contributed by atoms with Crippen molar-refractivity contribution >= 4 is 33.2 Å². The predicted molar refractivity (Wildman–Crippen MR) is 110 cm³/mol. The van der Waals surface area contributed by atoms with Gasteiger partial charge in [0.1, 0.15) is 16.8 Å². The van der Waals surface area contributed by atoms with Crippen molar-refractivity contribution in [2.24, 2.45) is 0 Å². The molecule has 0 radical (unpaired) electrons. The molecule has 6 heteroatoms. The Labute approximate surface area is 164 Å². The first-order valence-electron chi connectivity index (χ1n) is 8.51. The van der Waals surface area contributed by atoms with Crippen LogP contribution in [0.5, 0.6) is 0 Å². The Kier molecular flexibility index (Phi) is 4.52. The number of carbonyl (C=O) groups is 1. The van der Waals surface area contributed by atoms with E-state index in [0.717, 1.165) is 5.56 Å². The summed E-state index contributed by atoms with van der Waals surface area (Å²) in [6, 6.07) is 17.9. The van der Waals surface area contributed by atoms with Crippen molar-refractivity contribution in [3.63, 3.8) is 0 Å². The van der Waals surface area contributed by atoms with Crippen LogP contribution in [-0.2, 0) is 0 Å². The van der Waals surface area contributed by atoms with Crippen LogP contribution in [0.4, 0.5) is 5.00 Å². The molecule has 2 heterocycles. The first-order valence-corrected chi connectivity index (χ1v) is 9.39. The van der Waals surface area contributed by atoms with Crippen LogP contribution in [0.3, 0.4) is 0 Å². The normalized spacial score (nSPS) is 10.6. The van der Waals surface area contributed by atoms with Gasteiger partial charge in [0.05, 0.1) is 16.5 Å². The highest BCUT2D eigenvalue weighted by Gasteiger charge is 2.19. The molecule has 1 amide bonds. The third-order valence-electron chi connectivity index (χ3n) is 4.44. The molecule has 28 heavy (non-hydrogen) atoms. The highest BCUT2D eigenvalue weighted by Crippen LogP contribution is 2.28. The van der Waals surface area contributed by atoms with E-state index in [9.17, 15) is 9.59 Å². The lowest BCUT2D eigenvalue weighted by Crippen LogP contribution is -2.14. The van der Waals surface area contributed by atoms with Crippen LogP contribution in [0, 0.1) is 18.3 Å². The van der Waals surface area contributed by atoms with Crippen molar-refractivity contribution < 1.29 is 9.21 Å². The lowest BCUT2D eigenvalue weighted by Gasteiger charge is -2.10. The van der Waals surface area contributed by atoms with E-state index < -0.39 is 5.91 Å². The summed E-state index contributed by atoms with van der Waals surface area (Å²) in [6.45, 7) is 1.71. The lowest BCUT2D eigenvalue weighted by molar-refractivity contribution is 0.102. The van der Waals surface area contributed by atoms with E-state index in [1.165, 1.54) is 11.3 Å². The van der Waals surface area contributed by atoms with Gasteiger partial charge in [-0.15, -0.1) is 11.3 Å². The zero-order valence-corrected chi connectivity index (χ0v) is 15.7. The minimum absolute atomic E-state index is 0.177.